The van der Waals surface area contributed by atoms with Crippen LogP contribution in [-0.4, -0.2) is 41.3 Å². The second kappa shape index (κ2) is 16.7. The van der Waals surface area contributed by atoms with Crippen LogP contribution in [0, 0.1) is 0 Å². The zero-order valence-corrected chi connectivity index (χ0v) is 18.7. The first-order valence-electron chi connectivity index (χ1n) is 8.90. The molecule has 1 unspecified atom stereocenters. The molecule has 0 fully saturated rings. The van der Waals surface area contributed by atoms with E-state index in [2.05, 4.69) is 0 Å². The van der Waals surface area contributed by atoms with E-state index in [-0.39, 0.29) is 49.0 Å². The second-order valence-corrected chi connectivity index (χ2v) is 5.58. The molecule has 0 aromatic carbocycles. The van der Waals surface area contributed by atoms with Gasteiger partial charge in [0, 0.05) is 25.2 Å². The summed E-state index contributed by atoms with van der Waals surface area (Å²) in [6.45, 7) is 5.63. The fraction of sp³-hybridized carbons (Fsp3) is 0.579. The van der Waals surface area contributed by atoms with Gasteiger partial charge in [-0.25, -0.2) is 4.79 Å². The van der Waals surface area contributed by atoms with E-state index in [1.807, 2.05) is 13.8 Å². The van der Waals surface area contributed by atoms with Crippen LogP contribution in [0.5, 0.6) is 0 Å². The van der Waals surface area contributed by atoms with Gasteiger partial charge in [-0.3, -0.25) is 14.5 Å². The van der Waals surface area contributed by atoms with Crippen molar-refractivity contribution in [2.75, 3.05) is 6.61 Å². The van der Waals surface area contributed by atoms with Crippen LogP contribution >= 0.6 is 0 Å². The minimum absolute atomic E-state index is 0. The van der Waals surface area contributed by atoms with Gasteiger partial charge in [0.2, 0.25) is 11.8 Å². The molecule has 0 aromatic heterocycles. The van der Waals surface area contributed by atoms with Crippen molar-refractivity contribution in [2.24, 2.45) is 0 Å². The van der Waals surface area contributed by atoms with E-state index in [1.165, 1.54) is 0 Å². The van der Waals surface area contributed by atoms with Gasteiger partial charge < -0.3 is 14.6 Å². The minimum atomic E-state index is -1.54. The predicted molar refractivity (Wildman–Crippen MR) is 94.6 cm³/mol. The summed E-state index contributed by atoms with van der Waals surface area (Å²) in [6.07, 6.45) is 7.60. The van der Waals surface area contributed by atoms with Crippen molar-refractivity contribution in [1.82, 2.24) is 4.90 Å². The topological polar surface area (TPSA) is 104 Å². The molecule has 1 atom stereocenters. The summed E-state index contributed by atoms with van der Waals surface area (Å²) in [5.41, 5.74) is 0. The number of carboxylic acid groups (broad SMARTS) is 1. The number of hydrogen-bond acceptors (Lipinski definition) is 6. The minimum Gasteiger partial charge on any atom is -0.550 e. The van der Waals surface area contributed by atoms with Crippen molar-refractivity contribution in [1.29, 1.82) is 0 Å². The molecule has 0 N–H and O–H groups in total. The number of imide groups is 1. The molecule has 0 rings (SSSR count). The summed E-state index contributed by atoms with van der Waals surface area (Å²) >= 11 is 0. The van der Waals surface area contributed by atoms with E-state index in [9.17, 15) is 24.3 Å². The Morgan fingerprint density at radius 3 is 1.78 bits per heavy atom. The Balaban J connectivity index is 0. The van der Waals surface area contributed by atoms with E-state index in [0.29, 0.717) is 24.2 Å². The molecule has 2 amide bonds. The molecular formula is C19H28NNaO6. The van der Waals surface area contributed by atoms with E-state index in [1.54, 1.807) is 31.2 Å². The van der Waals surface area contributed by atoms with Crippen LogP contribution in [0.1, 0.15) is 59.3 Å². The van der Waals surface area contributed by atoms with Crippen molar-refractivity contribution < 1.29 is 58.6 Å². The Morgan fingerprint density at radius 1 is 0.926 bits per heavy atom. The standard InChI is InChI=1S/C19H29NO6.Na/c1-4-7-9-11-16(21)20(17(22)12-10-8-5-2)15(14-18(23)24)19(25)26-13-6-3;/h7-10,15H,4-6,11-14H2,1-3H3,(H,23,24);/q;+1/p-1/b9-7+,10-8+;. The average molecular weight is 389 g/mol. The third-order valence-electron chi connectivity index (χ3n) is 3.32. The molecule has 0 aliphatic carbocycles. The number of aliphatic carboxylic acids is 1. The Kier molecular flexibility index (Phi) is 17.2. The molecule has 0 saturated heterocycles. The number of allylic oxidation sites excluding steroid dienone is 2. The summed E-state index contributed by atoms with van der Waals surface area (Å²) in [6, 6.07) is -1.53. The molecule has 0 bridgehead atoms. The maximum atomic E-state index is 12.5. The van der Waals surface area contributed by atoms with Crippen LogP contribution in [-0.2, 0) is 23.9 Å². The number of nitrogens with zero attached hydrogens (tertiary/aromatic N) is 1. The number of hydrogen-bond donors (Lipinski definition) is 0. The number of ether oxygens (including phenoxy) is 1. The molecule has 0 spiro atoms. The van der Waals surface area contributed by atoms with Gasteiger partial charge in [0.15, 0.2) is 0 Å². The maximum absolute atomic E-state index is 12.5. The van der Waals surface area contributed by atoms with Crippen molar-refractivity contribution in [3.8, 4) is 0 Å². The van der Waals surface area contributed by atoms with E-state index >= 15 is 0 Å². The van der Waals surface area contributed by atoms with E-state index < -0.39 is 36.2 Å². The number of amides is 2. The van der Waals surface area contributed by atoms with Crippen LogP contribution in [0.15, 0.2) is 24.3 Å². The van der Waals surface area contributed by atoms with Crippen LogP contribution in [0.25, 0.3) is 0 Å². The van der Waals surface area contributed by atoms with Crippen molar-refractivity contribution >= 4 is 23.8 Å². The SMILES string of the molecule is CC/C=C/CC(=O)N(C(=O)C/C=C/CC)C(CC(=O)[O-])C(=O)OCCC.[Na+]. The monoisotopic (exact) mass is 389 g/mol. The molecule has 0 saturated carbocycles. The molecule has 0 aliphatic heterocycles. The second-order valence-electron chi connectivity index (χ2n) is 5.58. The van der Waals surface area contributed by atoms with Crippen molar-refractivity contribution in [2.45, 2.75) is 65.3 Å². The summed E-state index contributed by atoms with van der Waals surface area (Å²) in [4.78, 5) is 49.0. The quantitative estimate of drug-likeness (QED) is 0.229. The Morgan fingerprint density at radius 2 is 1.41 bits per heavy atom. The third-order valence-corrected chi connectivity index (χ3v) is 3.32. The normalized spacial score (nSPS) is 11.8. The number of rotatable bonds is 12. The van der Waals surface area contributed by atoms with Gasteiger partial charge in [-0.2, -0.15) is 0 Å². The molecule has 0 radical (unpaired) electrons. The van der Waals surface area contributed by atoms with Gasteiger partial charge in [0.1, 0.15) is 6.04 Å². The Hall–Kier alpha value is -1.44. The first-order valence-corrected chi connectivity index (χ1v) is 8.90. The van der Waals surface area contributed by atoms with Gasteiger partial charge >= 0.3 is 35.5 Å². The Bertz CT molecular complexity index is 516. The first-order chi connectivity index (χ1) is 12.4. The summed E-state index contributed by atoms with van der Waals surface area (Å²) in [5.74, 6) is -3.76. The molecule has 27 heavy (non-hydrogen) atoms. The summed E-state index contributed by atoms with van der Waals surface area (Å²) < 4.78 is 4.97. The zero-order chi connectivity index (χ0) is 19.9. The number of carboxylic acids is 1. The van der Waals surface area contributed by atoms with Crippen LogP contribution in [0.2, 0.25) is 0 Å². The molecule has 0 aromatic rings. The van der Waals surface area contributed by atoms with Crippen molar-refractivity contribution in [3.05, 3.63) is 24.3 Å². The number of esters is 1. The van der Waals surface area contributed by atoms with E-state index in [4.69, 9.17) is 4.74 Å². The maximum Gasteiger partial charge on any atom is 1.00 e. The molecule has 8 heteroatoms. The average Bonchev–Trinajstić information content (AvgIpc) is 2.59. The first kappa shape index (κ1) is 27.8. The van der Waals surface area contributed by atoms with Gasteiger partial charge in [-0.15, -0.1) is 0 Å². The molecule has 146 valence electrons. The third kappa shape index (κ3) is 11.8. The molecule has 0 aliphatic rings. The largest absolute Gasteiger partial charge is 1.00 e. The molecular weight excluding hydrogens is 361 g/mol. The predicted octanol–water partition coefficient (Wildman–Crippen LogP) is -1.48. The molecule has 7 nitrogen and oxygen atoms in total. The van der Waals surface area contributed by atoms with Crippen LogP contribution in [0.4, 0.5) is 0 Å². The Labute approximate surface area is 183 Å². The zero-order valence-electron chi connectivity index (χ0n) is 16.7. The number of carbonyl (C=O) groups excluding carboxylic acids is 4. The van der Waals surface area contributed by atoms with Crippen LogP contribution in [0.3, 0.4) is 0 Å². The van der Waals surface area contributed by atoms with Gasteiger partial charge in [-0.05, 0) is 19.3 Å². The van der Waals surface area contributed by atoms with Gasteiger partial charge in [0.25, 0.3) is 0 Å². The fourth-order valence-electron chi connectivity index (χ4n) is 2.12. The summed E-state index contributed by atoms with van der Waals surface area (Å²) in [7, 11) is 0. The van der Waals surface area contributed by atoms with E-state index in [0.717, 1.165) is 0 Å². The van der Waals surface area contributed by atoms with Crippen LogP contribution < -0.4 is 34.7 Å². The van der Waals surface area contributed by atoms with Crippen molar-refractivity contribution in [3.63, 3.8) is 0 Å². The fourth-order valence-corrected chi connectivity index (χ4v) is 2.12. The summed E-state index contributed by atoms with van der Waals surface area (Å²) in [5, 5.41) is 11.1. The van der Waals surface area contributed by atoms with Gasteiger partial charge in [0.05, 0.1) is 6.61 Å². The van der Waals surface area contributed by atoms with Gasteiger partial charge in [-0.1, -0.05) is 45.1 Å². The smallest absolute Gasteiger partial charge is 0.550 e. The number of carbonyl (C=O) groups is 4. The molecule has 0 heterocycles.